The number of hydrogen-bond donors (Lipinski definition) is 9. The number of rotatable bonds is 22. The lowest BCUT2D eigenvalue weighted by Gasteiger charge is -2.19. The summed E-state index contributed by atoms with van der Waals surface area (Å²) in [6.07, 6.45) is 3.26. The number of anilines is 1. The Labute approximate surface area is 323 Å². The number of aliphatic hydroxyl groups is 1. The molecule has 0 saturated carbocycles. The van der Waals surface area contributed by atoms with Crippen LogP contribution in [0.5, 0.6) is 0 Å². The number of nitrogen functional groups attached to an aromatic ring is 1. The largest absolute Gasteiger partial charge is 0.490 e. The predicted molar refractivity (Wildman–Crippen MR) is 200 cm³/mol. The van der Waals surface area contributed by atoms with Crippen LogP contribution in [0.2, 0.25) is 0 Å². The molecule has 0 spiro atoms. The van der Waals surface area contributed by atoms with Gasteiger partial charge < -0.3 is 55.7 Å². The first-order valence-electron chi connectivity index (χ1n) is 16.6. The van der Waals surface area contributed by atoms with Gasteiger partial charge in [0.05, 0.1) is 30.2 Å². The smallest absolute Gasteiger partial charge is 0.390 e. The van der Waals surface area contributed by atoms with Crippen molar-refractivity contribution in [2.24, 2.45) is 0 Å². The van der Waals surface area contributed by atoms with Crippen LogP contribution in [0.1, 0.15) is 64.2 Å². The number of unbranched alkanes of at least 4 members (excludes halogenated alkanes) is 3. The van der Waals surface area contributed by atoms with E-state index in [0.29, 0.717) is 29.0 Å². The lowest BCUT2D eigenvalue weighted by molar-refractivity contribution is -0.127. The lowest BCUT2D eigenvalue weighted by atomic mass is 10.2. The fourth-order valence-electron chi connectivity index (χ4n) is 4.92. The number of amides is 3. The van der Waals surface area contributed by atoms with Crippen LogP contribution in [0.25, 0.3) is 11.0 Å². The maximum atomic E-state index is 12.5. The Morgan fingerprint density at radius 3 is 2.53 bits per heavy atom. The van der Waals surface area contributed by atoms with Gasteiger partial charge >= 0.3 is 23.5 Å². The van der Waals surface area contributed by atoms with Gasteiger partial charge in [-0.2, -0.15) is 8.62 Å². The molecule has 55 heavy (non-hydrogen) atoms. The molecule has 2 aromatic heterocycles. The summed E-state index contributed by atoms with van der Waals surface area (Å²) in [6.45, 7) is 3.09. The second-order valence-electron chi connectivity index (χ2n) is 11.8. The van der Waals surface area contributed by atoms with Crippen molar-refractivity contribution in [2.45, 2.75) is 76.9 Å². The van der Waals surface area contributed by atoms with Gasteiger partial charge in [0.15, 0.2) is 0 Å². The normalized spacial score (nSPS) is 19.8. The van der Waals surface area contributed by atoms with Gasteiger partial charge in [-0.05, 0) is 6.42 Å². The molecule has 1 aliphatic rings. The van der Waals surface area contributed by atoms with Gasteiger partial charge in [-0.1, -0.05) is 59.6 Å². The molecule has 22 nitrogen and oxygen atoms in total. The van der Waals surface area contributed by atoms with Crippen LogP contribution in [0.3, 0.4) is 0 Å². The summed E-state index contributed by atoms with van der Waals surface area (Å²) in [6, 6.07) is -0.693. The Bertz CT molecular complexity index is 1860. The van der Waals surface area contributed by atoms with Crippen LogP contribution in [0.15, 0.2) is 12.5 Å². The highest BCUT2D eigenvalue weighted by atomic mass is 33.1. The minimum absolute atomic E-state index is 0.0265. The topological polar surface area (TPSA) is 333 Å². The fraction of sp³-hybridized carbons (Fsp3) is 0.607. The maximum absolute atomic E-state index is 12.5. The number of ether oxygens (including phenoxy) is 1. The van der Waals surface area contributed by atoms with Crippen molar-refractivity contribution in [2.75, 3.05) is 36.9 Å². The van der Waals surface area contributed by atoms with Crippen molar-refractivity contribution >= 4 is 79.6 Å². The summed E-state index contributed by atoms with van der Waals surface area (Å²) < 4.78 is 53.7. The van der Waals surface area contributed by atoms with E-state index in [1.54, 1.807) is 0 Å². The number of phosphoric ester groups is 1. The van der Waals surface area contributed by atoms with Crippen molar-refractivity contribution in [3.63, 3.8) is 0 Å². The Hall–Kier alpha value is -2.58. The Kier molecular flexibility index (Phi) is 18.6. The summed E-state index contributed by atoms with van der Waals surface area (Å²) in [5.74, 6) is 5.72. The zero-order chi connectivity index (χ0) is 40.8. The monoisotopic (exact) mass is 875 g/mol. The summed E-state index contributed by atoms with van der Waals surface area (Å²) in [7, 11) is -14.0. The number of nitrogens with one attached hydrogen (secondary N) is 3. The molecule has 1 fully saturated rings. The average molecular weight is 876 g/mol. The Morgan fingerprint density at radius 1 is 1.09 bits per heavy atom. The van der Waals surface area contributed by atoms with E-state index in [0.717, 1.165) is 25.7 Å². The number of phosphoric acid groups is 3. The molecule has 308 valence electrons. The van der Waals surface area contributed by atoms with Gasteiger partial charge in [-0.25, -0.2) is 23.7 Å². The standard InChI is InChI=1S/C28H44N7O15P3S2/c1-3-4-5-6-10-31-28(39)20(34-18(2)36)16-55-54-12-9-23(38)30-11-7-8-19-14-35(27-25(19)26(29)32-17-33-27)24-13-21(37)22(48-24)15-47-52(43,44)50-53(45,46)49-51(40,41)42/h14,17,20-22,24,37H,3-6,9-13,15-16H2,1-2H3,(H,30,38)(H,31,39)(H,34,36)(H,43,44)(H,45,46)(H2,29,32,33)(H2,40,41,42). The zero-order valence-electron chi connectivity index (χ0n) is 29.6. The van der Waals surface area contributed by atoms with Crippen LogP contribution >= 0.6 is 45.1 Å². The molecular formula is C28H44N7O15P3S2. The van der Waals surface area contributed by atoms with Crippen LogP contribution < -0.4 is 21.7 Å². The zero-order valence-corrected chi connectivity index (χ0v) is 34.0. The third-order valence-electron chi connectivity index (χ3n) is 7.32. The number of carbonyl (C=O) groups is 3. The summed E-state index contributed by atoms with van der Waals surface area (Å²) in [5.41, 5.74) is 6.71. The molecule has 0 aromatic carbocycles. The van der Waals surface area contributed by atoms with E-state index in [1.807, 2.05) is 0 Å². The third-order valence-corrected chi connectivity index (χ3v) is 13.5. The summed E-state index contributed by atoms with van der Waals surface area (Å²) >= 11 is 0. The van der Waals surface area contributed by atoms with E-state index in [4.69, 9.17) is 20.3 Å². The van der Waals surface area contributed by atoms with Gasteiger partial charge in [-0.15, -0.1) is 0 Å². The average Bonchev–Trinajstić information content (AvgIpc) is 3.63. The number of hydrogen-bond acceptors (Lipinski definition) is 16. The molecule has 6 unspecified atom stereocenters. The van der Waals surface area contributed by atoms with E-state index < -0.39 is 54.6 Å². The number of aliphatic hydroxyl groups excluding tert-OH is 1. The van der Waals surface area contributed by atoms with E-state index in [-0.39, 0.29) is 48.6 Å². The first-order chi connectivity index (χ1) is 25.8. The molecule has 2 aromatic rings. The van der Waals surface area contributed by atoms with E-state index in [2.05, 4.69) is 57.8 Å². The number of fused-ring (bicyclic) bond motifs is 1. The van der Waals surface area contributed by atoms with Gasteiger partial charge in [0.1, 0.15) is 36.2 Å². The van der Waals surface area contributed by atoms with Gasteiger partial charge in [0, 0.05) is 44.0 Å². The molecule has 1 saturated heterocycles. The molecule has 1 aliphatic heterocycles. The molecular weight excluding hydrogens is 831 g/mol. The van der Waals surface area contributed by atoms with Crippen molar-refractivity contribution in [3.8, 4) is 11.8 Å². The molecule has 3 amide bonds. The third kappa shape index (κ3) is 16.4. The first kappa shape index (κ1) is 46.8. The van der Waals surface area contributed by atoms with Gasteiger partial charge in [0.2, 0.25) is 17.7 Å². The molecule has 6 atom stereocenters. The van der Waals surface area contributed by atoms with Crippen molar-refractivity contribution in [1.29, 1.82) is 0 Å². The molecule has 0 radical (unpaired) electrons. The van der Waals surface area contributed by atoms with Crippen molar-refractivity contribution in [3.05, 3.63) is 18.1 Å². The van der Waals surface area contributed by atoms with Crippen LogP contribution in [-0.4, -0.2) is 106 Å². The quantitative estimate of drug-likeness (QED) is 0.0350. The second kappa shape index (κ2) is 21.8. The summed E-state index contributed by atoms with van der Waals surface area (Å²) in [4.78, 5) is 81.2. The van der Waals surface area contributed by atoms with E-state index in [9.17, 15) is 43.0 Å². The Morgan fingerprint density at radius 2 is 1.84 bits per heavy atom. The highest BCUT2D eigenvalue weighted by molar-refractivity contribution is 8.76. The van der Waals surface area contributed by atoms with Crippen LogP contribution in [0, 0.1) is 11.8 Å². The van der Waals surface area contributed by atoms with Gasteiger partial charge in [-0.3, -0.25) is 18.9 Å². The van der Waals surface area contributed by atoms with Crippen molar-refractivity contribution in [1.82, 2.24) is 30.5 Å². The molecule has 0 aliphatic carbocycles. The fourth-order valence-corrected chi connectivity index (χ4v) is 10.1. The minimum Gasteiger partial charge on any atom is -0.390 e. The first-order valence-corrected chi connectivity index (χ1v) is 23.6. The summed E-state index contributed by atoms with van der Waals surface area (Å²) in [5, 5.41) is 19.1. The number of carbonyl (C=O) groups excluding carboxylic acids is 3. The molecule has 10 N–H and O–H groups in total. The number of aromatic nitrogens is 3. The second-order valence-corrected chi connectivity index (χ2v) is 18.8. The number of nitrogens with zero attached hydrogens (tertiary/aromatic N) is 3. The highest BCUT2D eigenvalue weighted by Crippen LogP contribution is 2.66. The molecule has 27 heteroatoms. The van der Waals surface area contributed by atoms with Gasteiger partial charge in [0.25, 0.3) is 0 Å². The molecule has 3 heterocycles. The SMILES string of the molecule is CCCCCCNC(=O)C(CSSCCC(=O)NCC#Cc1cn(C2CC(O)C(COP(=O)(O)OP(=O)(O)OP(=O)(O)O)O2)c2ncnc(N)c12)NC(C)=O. The van der Waals surface area contributed by atoms with Crippen LogP contribution in [-0.2, 0) is 46.0 Å². The highest BCUT2D eigenvalue weighted by Gasteiger charge is 2.43. The predicted octanol–water partition coefficient (Wildman–Crippen LogP) is 1.45. The lowest BCUT2D eigenvalue weighted by Crippen LogP contribution is -2.47. The number of nitrogens with two attached hydrogens (primary N) is 1. The maximum Gasteiger partial charge on any atom is 0.490 e. The Balaban J connectivity index is 1.51. The molecule has 3 rings (SSSR count). The van der Waals surface area contributed by atoms with E-state index in [1.165, 1.54) is 45.6 Å². The van der Waals surface area contributed by atoms with Crippen LogP contribution in [0.4, 0.5) is 5.82 Å². The van der Waals surface area contributed by atoms with E-state index >= 15 is 0 Å². The minimum atomic E-state index is -5.74. The van der Waals surface area contributed by atoms with Crippen molar-refractivity contribution < 1.29 is 70.6 Å². The molecule has 0 bridgehead atoms.